The number of sulfone groups is 1. The highest BCUT2D eigenvalue weighted by molar-refractivity contribution is 9.11. The van der Waals surface area contributed by atoms with Crippen LogP contribution in [-0.2, 0) is 19.4 Å². The first-order valence-electron chi connectivity index (χ1n) is 6.03. The van der Waals surface area contributed by atoms with Gasteiger partial charge in [0.25, 0.3) is 0 Å². The lowest BCUT2D eigenvalue weighted by molar-refractivity contribution is -0.515. The van der Waals surface area contributed by atoms with Crippen LogP contribution < -0.4 is 0 Å². The Bertz CT molecular complexity index is 734. The van der Waals surface area contributed by atoms with Crippen LogP contribution in [0.2, 0.25) is 0 Å². The molecule has 0 fully saturated rings. The molecule has 110 valence electrons. The van der Waals surface area contributed by atoms with Crippen LogP contribution in [0.1, 0.15) is 11.1 Å². The van der Waals surface area contributed by atoms with Crippen LogP contribution in [0.25, 0.3) is 0 Å². The summed E-state index contributed by atoms with van der Waals surface area (Å²) in [5.74, 6) is -0.422. The van der Waals surface area contributed by atoms with E-state index in [1.807, 2.05) is 0 Å². The lowest BCUT2D eigenvalue weighted by Crippen LogP contribution is -2.38. The van der Waals surface area contributed by atoms with E-state index in [2.05, 4.69) is 15.9 Å². The van der Waals surface area contributed by atoms with E-state index in [0.29, 0.717) is 5.56 Å². The number of hydrogen-bond donors (Lipinski definition) is 0. The molecule has 0 saturated carbocycles. The molecule has 21 heavy (non-hydrogen) atoms. The molecule has 0 aromatic heterocycles. The van der Waals surface area contributed by atoms with Crippen LogP contribution in [0.4, 0.5) is 0 Å². The van der Waals surface area contributed by atoms with E-state index in [1.165, 1.54) is 12.1 Å². The van der Waals surface area contributed by atoms with Crippen LogP contribution >= 0.6 is 15.9 Å². The average Bonchev–Trinajstić information content (AvgIpc) is 2.47. The monoisotopic (exact) mass is 369 g/mol. The van der Waals surface area contributed by atoms with Crippen LogP contribution in [0.3, 0.4) is 0 Å². The van der Waals surface area contributed by atoms with Crippen molar-refractivity contribution in [3.63, 3.8) is 0 Å². The molecule has 0 radical (unpaired) electrons. The Morgan fingerprint density at radius 2 is 1.48 bits per heavy atom. The lowest BCUT2D eigenvalue weighted by atomic mass is 10.2. The van der Waals surface area contributed by atoms with E-state index in [1.54, 1.807) is 48.5 Å². The van der Waals surface area contributed by atoms with Gasteiger partial charge in [0, 0.05) is 15.9 Å². The Kier molecular flexibility index (Phi) is 4.43. The minimum absolute atomic E-state index is 0.0749. The third-order valence-corrected chi connectivity index (χ3v) is 7.13. The smallest absolute Gasteiger partial charge is 0.262 e. The second-order valence-electron chi connectivity index (χ2n) is 4.43. The molecule has 0 aliphatic rings. The zero-order chi connectivity index (χ0) is 15.5. The van der Waals surface area contributed by atoms with E-state index in [4.69, 9.17) is 0 Å². The van der Waals surface area contributed by atoms with Gasteiger partial charge < -0.3 is 0 Å². The van der Waals surface area contributed by atoms with Gasteiger partial charge >= 0.3 is 3.78 Å². The number of halogens is 1. The van der Waals surface area contributed by atoms with E-state index < -0.39 is 24.3 Å². The Morgan fingerprint density at radius 1 is 1.00 bits per heavy atom. The molecule has 0 unspecified atom stereocenters. The minimum atomic E-state index is -4.11. The largest absolute Gasteiger partial charge is 0.396 e. The summed E-state index contributed by atoms with van der Waals surface area (Å²) in [7, 11) is -4.11. The zero-order valence-electron chi connectivity index (χ0n) is 10.8. The van der Waals surface area contributed by atoms with Gasteiger partial charge in [0.1, 0.15) is 0 Å². The first-order chi connectivity index (χ1) is 9.88. The molecule has 0 saturated heterocycles. The summed E-state index contributed by atoms with van der Waals surface area (Å²) in [4.78, 5) is 10.6. The molecule has 0 spiro atoms. The molecule has 7 heteroatoms. The molecule has 1 atom stereocenters. The van der Waals surface area contributed by atoms with Gasteiger partial charge in [0.2, 0.25) is 9.84 Å². The molecular formula is C14H12BrNO4S. The standard InChI is InChI=1S/C14H12BrNO4S/c15-14(16(17)18,13-9-5-2-6-10-13)21(19,20)11-12-7-3-1-4-8-12/h1-10H,11H2/t14-/m0/s1. The molecule has 2 aromatic carbocycles. The summed E-state index contributed by atoms with van der Waals surface area (Å²) < 4.78 is 22.8. The Hall–Kier alpha value is -1.73. The SMILES string of the molecule is O=[N+]([O-])[C@@](Br)(c1ccccc1)S(=O)(=O)Cc1ccccc1. The first-order valence-corrected chi connectivity index (χ1v) is 8.47. The molecule has 2 aromatic rings. The second-order valence-corrected chi connectivity index (χ2v) is 8.21. The van der Waals surface area contributed by atoms with Gasteiger partial charge in [-0.2, -0.15) is 0 Å². The highest BCUT2D eigenvalue weighted by atomic mass is 79.9. The zero-order valence-corrected chi connectivity index (χ0v) is 13.2. The number of alkyl halides is 1. The maximum absolute atomic E-state index is 12.6. The van der Waals surface area contributed by atoms with Crippen molar-refractivity contribution in [3.05, 3.63) is 81.9 Å². The average molecular weight is 370 g/mol. The maximum Gasteiger partial charge on any atom is 0.396 e. The van der Waals surface area contributed by atoms with Crippen molar-refractivity contribution < 1.29 is 13.3 Å². The quantitative estimate of drug-likeness (QED) is 0.351. The van der Waals surface area contributed by atoms with Gasteiger partial charge in [-0.05, 0) is 17.7 Å². The molecule has 0 N–H and O–H groups in total. The van der Waals surface area contributed by atoms with Crippen molar-refractivity contribution in [3.8, 4) is 0 Å². The summed E-state index contributed by atoms with van der Waals surface area (Å²) in [6, 6.07) is 16.0. The number of hydrogen-bond acceptors (Lipinski definition) is 4. The van der Waals surface area contributed by atoms with E-state index in [-0.39, 0.29) is 5.56 Å². The third-order valence-electron chi connectivity index (χ3n) is 2.98. The molecule has 0 bridgehead atoms. The highest BCUT2D eigenvalue weighted by Gasteiger charge is 2.55. The lowest BCUT2D eigenvalue weighted by Gasteiger charge is -2.19. The van der Waals surface area contributed by atoms with E-state index in [9.17, 15) is 18.5 Å². The summed E-state index contributed by atoms with van der Waals surface area (Å²) in [5.41, 5.74) is 0.574. The third kappa shape index (κ3) is 2.98. The van der Waals surface area contributed by atoms with Crippen molar-refractivity contribution in [2.24, 2.45) is 0 Å². The summed E-state index contributed by atoms with van der Waals surface area (Å²) in [6.45, 7) is 0. The molecule has 2 rings (SSSR count). The van der Waals surface area contributed by atoms with Gasteiger partial charge in [0.05, 0.1) is 16.2 Å². The summed E-state index contributed by atoms with van der Waals surface area (Å²) >= 11 is 2.85. The Labute approximate surface area is 130 Å². The number of nitro groups is 1. The minimum Gasteiger partial charge on any atom is -0.262 e. The van der Waals surface area contributed by atoms with Crippen molar-refractivity contribution >= 4 is 25.8 Å². The fourth-order valence-electron chi connectivity index (χ4n) is 1.93. The molecule has 0 heterocycles. The Balaban J connectivity index is 2.50. The van der Waals surface area contributed by atoms with Crippen molar-refractivity contribution in [1.82, 2.24) is 0 Å². The molecular weight excluding hydrogens is 358 g/mol. The molecule has 0 aliphatic carbocycles. The number of rotatable bonds is 5. The van der Waals surface area contributed by atoms with Gasteiger partial charge in [0.15, 0.2) is 0 Å². The molecule has 0 amide bonds. The van der Waals surface area contributed by atoms with E-state index >= 15 is 0 Å². The van der Waals surface area contributed by atoms with Gasteiger partial charge in [-0.25, -0.2) is 8.42 Å². The van der Waals surface area contributed by atoms with Crippen molar-refractivity contribution in [2.75, 3.05) is 0 Å². The van der Waals surface area contributed by atoms with Crippen LogP contribution in [-0.4, -0.2) is 13.3 Å². The first kappa shape index (κ1) is 15.7. The number of nitrogens with zero attached hydrogens (tertiary/aromatic N) is 1. The van der Waals surface area contributed by atoms with Crippen LogP contribution in [0.5, 0.6) is 0 Å². The predicted molar refractivity (Wildman–Crippen MR) is 83.1 cm³/mol. The fraction of sp³-hybridized carbons (Fsp3) is 0.143. The van der Waals surface area contributed by atoms with Crippen molar-refractivity contribution in [1.29, 1.82) is 0 Å². The Morgan fingerprint density at radius 3 is 1.95 bits per heavy atom. The number of benzene rings is 2. The fourth-order valence-corrected chi connectivity index (χ4v) is 4.08. The van der Waals surface area contributed by atoms with E-state index in [0.717, 1.165) is 0 Å². The topological polar surface area (TPSA) is 77.3 Å². The van der Waals surface area contributed by atoms with Gasteiger partial charge in [-0.15, -0.1) is 0 Å². The van der Waals surface area contributed by atoms with Crippen LogP contribution in [0, 0.1) is 10.1 Å². The van der Waals surface area contributed by atoms with Gasteiger partial charge in [-0.3, -0.25) is 10.1 Å². The highest BCUT2D eigenvalue weighted by Crippen LogP contribution is 2.39. The second kappa shape index (κ2) is 5.95. The molecule has 5 nitrogen and oxygen atoms in total. The molecule has 0 aliphatic heterocycles. The van der Waals surface area contributed by atoms with Crippen LogP contribution in [0.15, 0.2) is 60.7 Å². The van der Waals surface area contributed by atoms with Gasteiger partial charge in [-0.1, -0.05) is 48.5 Å². The predicted octanol–water partition coefficient (Wildman–Crippen LogP) is 3.08. The summed E-state index contributed by atoms with van der Waals surface area (Å²) in [6.07, 6.45) is 0. The summed E-state index contributed by atoms with van der Waals surface area (Å²) in [5, 5.41) is 11.4. The maximum atomic E-state index is 12.6. The normalized spacial score (nSPS) is 14.3. The van der Waals surface area contributed by atoms with Crippen molar-refractivity contribution in [2.45, 2.75) is 9.53 Å².